The molecule has 1 N–H and O–H groups in total. The molecule has 0 amide bonds. The van der Waals surface area contributed by atoms with Crippen molar-refractivity contribution in [1.82, 2.24) is 15.1 Å². The first-order valence-electron chi connectivity index (χ1n) is 11.2. The van der Waals surface area contributed by atoms with E-state index in [9.17, 15) is 4.39 Å². The van der Waals surface area contributed by atoms with Crippen molar-refractivity contribution in [1.29, 1.82) is 0 Å². The highest BCUT2D eigenvalue weighted by Crippen LogP contribution is 2.39. The molecular formula is C29H26FN3. The number of halogens is 1. The lowest BCUT2D eigenvalue weighted by molar-refractivity contribution is 0.567. The number of hydrogen-bond donors (Lipinski definition) is 1. The van der Waals surface area contributed by atoms with Gasteiger partial charge in [-0.3, -0.25) is 0 Å². The number of nitrogens with zero attached hydrogens (tertiary/aromatic N) is 2. The SMILES string of the molecule is CNCC(c1ccccc1)C(c1ccccc1)c1ccc2c(cnn2-c2ccc(F)cc2)c1. The molecule has 0 aliphatic heterocycles. The van der Waals surface area contributed by atoms with E-state index in [-0.39, 0.29) is 17.7 Å². The normalized spacial score (nSPS) is 13.2. The smallest absolute Gasteiger partial charge is 0.123 e. The van der Waals surface area contributed by atoms with E-state index in [0.29, 0.717) is 0 Å². The Labute approximate surface area is 193 Å². The van der Waals surface area contributed by atoms with Crippen LogP contribution >= 0.6 is 0 Å². The second-order valence-corrected chi connectivity index (χ2v) is 8.31. The Morgan fingerprint density at radius 2 is 1.45 bits per heavy atom. The molecule has 0 saturated heterocycles. The zero-order chi connectivity index (χ0) is 22.6. The number of likely N-dealkylation sites (N-methyl/N-ethyl adjacent to an activating group) is 1. The Morgan fingerprint density at radius 3 is 2.12 bits per heavy atom. The van der Waals surface area contributed by atoms with Gasteiger partial charge in [-0.2, -0.15) is 5.10 Å². The Kier molecular flexibility index (Phi) is 6.01. The van der Waals surface area contributed by atoms with E-state index < -0.39 is 0 Å². The van der Waals surface area contributed by atoms with E-state index in [1.54, 1.807) is 12.1 Å². The molecule has 0 radical (unpaired) electrons. The molecule has 33 heavy (non-hydrogen) atoms. The van der Waals surface area contributed by atoms with Crippen molar-refractivity contribution in [2.45, 2.75) is 11.8 Å². The van der Waals surface area contributed by atoms with E-state index in [2.05, 4.69) is 89.3 Å². The van der Waals surface area contributed by atoms with Gasteiger partial charge < -0.3 is 5.32 Å². The zero-order valence-corrected chi connectivity index (χ0v) is 18.5. The van der Waals surface area contributed by atoms with Crippen LogP contribution in [0.2, 0.25) is 0 Å². The second kappa shape index (κ2) is 9.39. The molecule has 0 bridgehead atoms. The quantitative estimate of drug-likeness (QED) is 0.325. The predicted octanol–water partition coefficient (Wildman–Crippen LogP) is 6.30. The van der Waals surface area contributed by atoms with Crippen LogP contribution in [0.5, 0.6) is 0 Å². The first kappa shape index (κ1) is 21.1. The standard InChI is InChI=1S/C29H26FN3/c1-31-20-27(21-8-4-2-5-9-21)29(22-10-6-3-7-11-22)23-12-17-28-24(18-23)19-32-33(28)26-15-13-25(30)14-16-26/h2-19,27,29,31H,20H2,1H3. The number of fused-ring (bicyclic) bond motifs is 1. The van der Waals surface area contributed by atoms with Crippen LogP contribution in [-0.2, 0) is 0 Å². The minimum Gasteiger partial charge on any atom is -0.319 e. The van der Waals surface area contributed by atoms with Crippen molar-refractivity contribution in [3.63, 3.8) is 0 Å². The fourth-order valence-corrected chi connectivity index (χ4v) is 4.70. The number of rotatable bonds is 7. The Morgan fingerprint density at radius 1 is 0.788 bits per heavy atom. The van der Waals surface area contributed by atoms with Gasteiger partial charge in [-0.25, -0.2) is 9.07 Å². The maximum Gasteiger partial charge on any atom is 0.123 e. The Balaban J connectivity index is 1.62. The van der Waals surface area contributed by atoms with E-state index in [1.165, 1.54) is 28.8 Å². The number of benzene rings is 4. The fourth-order valence-electron chi connectivity index (χ4n) is 4.70. The molecule has 2 unspecified atom stereocenters. The van der Waals surface area contributed by atoms with Crippen LogP contribution in [0.15, 0.2) is 109 Å². The summed E-state index contributed by atoms with van der Waals surface area (Å²) in [4.78, 5) is 0. The zero-order valence-electron chi connectivity index (χ0n) is 18.5. The highest BCUT2D eigenvalue weighted by molar-refractivity contribution is 5.81. The third-order valence-corrected chi connectivity index (χ3v) is 6.24. The van der Waals surface area contributed by atoms with Crippen LogP contribution in [0.1, 0.15) is 28.5 Å². The topological polar surface area (TPSA) is 29.9 Å². The lowest BCUT2D eigenvalue weighted by Crippen LogP contribution is -2.24. The molecule has 5 aromatic rings. The van der Waals surface area contributed by atoms with Crippen molar-refractivity contribution in [3.05, 3.63) is 132 Å². The third-order valence-electron chi connectivity index (χ3n) is 6.24. The summed E-state index contributed by atoms with van der Waals surface area (Å²) >= 11 is 0. The molecule has 2 atom stereocenters. The summed E-state index contributed by atoms with van der Waals surface area (Å²) in [5.74, 6) is 0.197. The summed E-state index contributed by atoms with van der Waals surface area (Å²) in [5.41, 5.74) is 5.68. The third kappa shape index (κ3) is 4.30. The summed E-state index contributed by atoms with van der Waals surface area (Å²) in [5, 5.41) is 9.06. The first-order valence-corrected chi connectivity index (χ1v) is 11.2. The van der Waals surface area contributed by atoms with Gasteiger partial charge in [0.25, 0.3) is 0 Å². The first-order chi connectivity index (χ1) is 16.2. The average molecular weight is 436 g/mol. The highest BCUT2D eigenvalue weighted by atomic mass is 19.1. The molecule has 1 aromatic heterocycles. The molecule has 4 aromatic carbocycles. The lowest BCUT2D eigenvalue weighted by Gasteiger charge is -2.29. The van der Waals surface area contributed by atoms with E-state index in [1.807, 2.05) is 17.9 Å². The molecule has 0 saturated carbocycles. The number of aromatic nitrogens is 2. The van der Waals surface area contributed by atoms with E-state index in [4.69, 9.17) is 0 Å². The molecular weight excluding hydrogens is 409 g/mol. The number of hydrogen-bond acceptors (Lipinski definition) is 2. The minimum atomic E-state index is -0.250. The van der Waals surface area contributed by atoms with Gasteiger partial charge in [0.15, 0.2) is 0 Å². The van der Waals surface area contributed by atoms with Gasteiger partial charge in [-0.15, -0.1) is 0 Å². The van der Waals surface area contributed by atoms with Crippen LogP contribution in [0, 0.1) is 5.82 Å². The Hall–Kier alpha value is -3.76. The Bertz CT molecular complexity index is 1330. The van der Waals surface area contributed by atoms with Crippen LogP contribution in [0.4, 0.5) is 4.39 Å². The van der Waals surface area contributed by atoms with E-state index in [0.717, 1.165) is 23.1 Å². The van der Waals surface area contributed by atoms with Crippen LogP contribution in [0.3, 0.4) is 0 Å². The summed E-state index contributed by atoms with van der Waals surface area (Å²) in [6, 6.07) is 34.4. The summed E-state index contributed by atoms with van der Waals surface area (Å²) in [7, 11) is 2.01. The van der Waals surface area contributed by atoms with Crippen LogP contribution in [-0.4, -0.2) is 23.4 Å². The van der Waals surface area contributed by atoms with Crippen LogP contribution < -0.4 is 5.32 Å². The molecule has 5 rings (SSSR count). The maximum atomic E-state index is 13.4. The average Bonchev–Trinajstić information content (AvgIpc) is 3.29. The molecule has 1 heterocycles. The maximum absolute atomic E-state index is 13.4. The van der Waals surface area contributed by atoms with Crippen molar-refractivity contribution in [2.75, 3.05) is 13.6 Å². The lowest BCUT2D eigenvalue weighted by atomic mass is 9.77. The minimum absolute atomic E-state index is 0.180. The van der Waals surface area contributed by atoms with Crippen molar-refractivity contribution < 1.29 is 4.39 Å². The van der Waals surface area contributed by atoms with Gasteiger partial charge in [0.05, 0.1) is 17.4 Å². The fraction of sp³-hybridized carbons (Fsp3) is 0.138. The van der Waals surface area contributed by atoms with Gasteiger partial charge in [-0.05, 0) is 60.1 Å². The molecule has 0 aliphatic rings. The molecule has 4 heteroatoms. The second-order valence-electron chi connectivity index (χ2n) is 8.31. The largest absolute Gasteiger partial charge is 0.319 e. The van der Waals surface area contributed by atoms with Gasteiger partial charge in [0, 0.05) is 23.8 Å². The molecule has 164 valence electrons. The van der Waals surface area contributed by atoms with Gasteiger partial charge in [0.1, 0.15) is 5.82 Å². The monoisotopic (exact) mass is 435 g/mol. The molecule has 3 nitrogen and oxygen atoms in total. The molecule has 0 aliphatic carbocycles. The van der Waals surface area contributed by atoms with Crippen molar-refractivity contribution >= 4 is 10.9 Å². The van der Waals surface area contributed by atoms with E-state index >= 15 is 0 Å². The van der Waals surface area contributed by atoms with Gasteiger partial charge in [0.2, 0.25) is 0 Å². The summed E-state index contributed by atoms with van der Waals surface area (Å²) < 4.78 is 15.2. The van der Waals surface area contributed by atoms with Crippen LogP contribution in [0.25, 0.3) is 16.6 Å². The molecule has 0 spiro atoms. The van der Waals surface area contributed by atoms with Gasteiger partial charge >= 0.3 is 0 Å². The predicted molar refractivity (Wildman–Crippen MR) is 132 cm³/mol. The highest BCUT2D eigenvalue weighted by Gasteiger charge is 2.26. The van der Waals surface area contributed by atoms with Crippen molar-refractivity contribution in [2.24, 2.45) is 0 Å². The summed E-state index contributed by atoms with van der Waals surface area (Å²) in [6.07, 6.45) is 1.89. The number of nitrogens with one attached hydrogen (secondary N) is 1. The summed E-state index contributed by atoms with van der Waals surface area (Å²) in [6.45, 7) is 0.858. The molecule has 0 fully saturated rings. The van der Waals surface area contributed by atoms with Crippen molar-refractivity contribution in [3.8, 4) is 5.69 Å². The van der Waals surface area contributed by atoms with Gasteiger partial charge in [-0.1, -0.05) is 66.7 Å².